The number of thiocarbonyl (C=S) groups is 1. The van der Waals surface area contributed by atoms with Gasteiger partial charge >= 0.3 is 0 Å². The van der Waals surface area contributed by atoms with E-state index in [1.54, 1.807) is 42.5 Å². The first kappa shape index (κ1) is 24.7. The number of hydrogen-bond acceptors (Lipinski definition) is 5. The van der Waals surface area contributed by atoms with Crippen LogP contribution in [0.4, 0.5) is 10.1 Å². The molecule has 1 saturated heterocycles. The van der Waals surface area contributed by atoms with E-state index in [-0.39, 0.29) is 22.3 Å². The van der Waals surface area contributed by atoms with E-state index in [1.807, 2.05) is 0 Å². The Balaban J connectivity index is 1.63. The molecule has 0 saturated carbocycles. The zero-order valence-electron chi connectivity index (χ0n) is 18.2. The standard InChI is InChI=1S/C25H17Cl2FN2O4S/c1-33-21-8-2-14(10-15(21)13-34-22-9-5-17(28)12-20(22)27)11-19-23(31)29-25(35)30(24(19)32)18-6-3-16(26)4-7-18/h2-12H,13H2,1H3,(H,29,31,35). The van der Waals surface area contributed by atoms with Crippen LogP contribution in [0.1, 0.15) is 11.1 Å². The molecular weight excluding hydrogens is 514 g/mol. The molecule has 10 heteroatoms. The second-order valence-corrected chi connectivity index (χ2v) is 8.60. The summed E-state index contributed by atoms with van der Waals surface area (Å²) >= 11 is 17.2. The number of benzene rings is 3. The molecule has 1 aliphatic rings. The highest BCUT2D eigenvalue weighted by atomic mass is 35.5. The molecule has 178 valence electrons. The lowest BCUT2D eigenvalue weighted by molar-refractivity contribution is -0.122. The molecule has 3 aromatic rings. The van der Waals surface area contributed by atoms with Gasteiger partial charge in [0, 0.05) is 10.6 Å². The highest BCUT2D eigenvalue weighted by molar-refractivity contribution is 7.80. The quantitative estimate of drug-likeness (QED) is 0.257. The van der Waals surface area contributed by atoms with Crippen LogP contribution in [-0.2, 0) is 16.2 Å². The number of ether oxygens (including phenoxy) is 2. The number of carbonyl (C=O) groups excluding carboxylic acids is 2. The van der Waals surface area contributed by atoms with Crippen LogP contribution in [0.5, 0.6) is 11.5 Å². The van der Waals surface area contributed by atoms with Gasteiger partial charge in [-0.2, -0.15) is 0 Å². The lowest BCUT2D eigenvalue weighted by Crippen LogP contribution is -2.54. The molecule has 6 nitrogen and oxygen atoms in total. The first-order chi connectivity index (χ1) is 16.8. The fourth-order valence-corrected chi connectivity index (χ4v) is 4.03. The molecule has 2 amide bonds. The Morgan fingerprint density at radius 3 is 2.43 bits per heavy atom. The fraction of sp³-hybridized carbons (Fsp3) is 0.0800. The van der Waals surface area contributed by atoms with Crippen molar-refractivity contribution in [2.45, 2.75) is 6.61 Å². The minimum absolute atomic E-state index is 0.0283. The van der Waals surface area contributed by atoms with Crippen LogP contribution in [0.25, 0.3) is 6.08 Å². The third kappa shape index (κ3) is 5.45. The van der Waals surface area contributed by atoms with Crippen LogP contribution in [0.3, 0.4) is 0 Å². The van der Waals surface area contributed by atoms with E-state index >= 15 is 0 Å². The molecule has 1 aliphatic heterocycles. The number of rotatable bonds is 6. The lowest BCUT2D eigenvalue weighted by Gasteiger charge is -2.29. The van der Waals surface area contributed by atoms with Crippen LogP contribution in [0, 0.1) is 5.82 Å². The number of hydrogen-bond donors (Lipinski definition) is 1. The molecule has 1 heterocycles. The van der Waals surface area contributed by atoms with Gasteiger partial charge in [-0.25, -0.2) is 4.39 Å². The summed E-state index contributed by atoms with van der Waals surface area (Å²) in [6, 6.07) is 15.4. The molecule has 0 aromatic heterocycles. The summed E-state index contributed by atoms with van der Waals surface area (Å²) in [5.41, 5.74) is 1.54. The molecule has 1 fully saturated rings. The Kier molecular flexibility index (Phi) is 7.35. The van der Waals surface area contributed by atoms with Gasteiger partial charge in [-0.3, -0.25) is 19.8 Å². The number of halogens is 3. The van der Waals surface area contributed by atoms with Crippen molar-refractivity contribution in [3.63, 3.8) is 0 Å². The predicted octanol–water partition coefficient (Wildman–Crippen LogP) is 5.55. The predicted molar refractivity (Wildman–Crippen MR) is 136 cm³/mol. The highest BCUT2D eigenvalue weighted by Gasteiger charge is 2.34. The molecule has 0 radical (unpaired) electrons. The van der Waals surface area contributed by atoms with Gasteiger partial charge in [0.15, 0.2) is 5.11 Å². The topological polar surface area (TPSA) is 67.9 Å². The van der Waals surface area contributed by atoms with Crippen molar-refractivity contribution in [2.24, 2.45) is 0 Å². The molecule has 1 N–H and O–H groups in total. The van der Waals surface area contributed by atoms with Crippen molar-refractivity contribution in [3.05, 3.63) is 93.2 Å². The van der Waals surface area contributed by atoms with Crippen LogP contribution < -0.4 is 19.7 Å². The van der Waals surface area contributed by atoms with Gasteiger partial charge in [0.05, 0.1) is 17.8 Å². The minimum Gasteiger partial charge on any atom is -0.496 e. The van der Waals surface area contributed by atoms with Crippen LogP contribution >= 0.6 is 35.4 Å². The Bertz CT molecular complexity index is 1360. The number of anilines is 1. The van der Waals surface area contributed by atoms with E-state index in [9.17, 15) is 14.0 Å². The summed E-state index contributed by atoms with van der Waals surface area (Å²) in [5.74, 6) is -0.845. The monoisotopic (exact) mass is 530 g/mol. The van der Waals surface area contributed by atoms with E-state index in [2.05, 4.69) is 5.32 Å². The Hall–Kier alpha value is -3.46. The van der Waals surface area contributed by atoms with E-state index in [4.69, 9.17) is 44.9 Å². The maximum atomic E-state index is 13.3. The molecule has 4 rings (SSSR count). The van der Waals surface area contributed by atoms with E-state index < -0.39 is 17.6 Å². The van der Waals surface area contributed by atoms with Gasteiger partial charge in [0.25, 0.3) is 11.8 Å². The number of amides is 2. The van der Waals surface area contributed by atoms with Crippen molar-refractivity contribution in [3.8, 4) is 11.5 Å². The molecular formula is C25H17Cl2FN2O4S. The van der Waals surface area contributed by atoms with Gasteiger partial charge in [-0.05, 0) is 78.5 Å². The van der Waals surface area contributed by atoms with Crippen molar-refractivity contribution >= 4 is 64.1 Å². The van der Waals surface area contributed by atoms with E-state index in [0.29, 0.717) is 33.3 Å². The summed E-state index contributed by atoms with van der Waals surface area (Å²) < 4.78 is 24.4. The SMILES string of the molecule is COc1ccc(C=C2C(=O)NC(=S)N(c3ccc(Cl)cc3)C2=O)cc1COc1ccc(F)cc1Cl. The van der Waals surface area contributed by atoms with E-state index in [1.165, 1.54) is 30.2 Å². The number of nitrogens with one attached hydrogen (secondary N) is 1. The average molecular weight is 531 g/mol. The van der Waals surface area contributed by atoms with Crippen molar-refractivity contribution in [2.75, 3.05) is 12.0 Å². The molecule has 0 bridgehead atoms. The Morgan fingerprint density at radius 1 is 1.03 bits per heavy atom. The average Bonchev–Trinajstić information content (AvgIpc) is 2.82. The number of nitrogens with zero attached hydrogens (tertiary/aromatic N) is 1. The van der Waals surface area contributed by atoms with Crippen molar-refractivity contribution < 1.29 is 23.5 Å². The van der Waals surface area contributed by atoms with Crippen molar-refractivity contribution in [1.82, 2.24) is 5.32 Å². The van der Waals surface area contributed by atoms with Crippen LogP contribution in [0.2, 0.25) is 10.0 Å². The molecule has 3 aromatic carbocycles. The first-order valence-corrected chi connectivity index (χ1v) is 11.3. The van der Waals surface area contributed by atoms with Crippen molar-refractivity contribution in [1.29, 1.82) is 0 Å². The third-order valence-corrected chi connectivity index (χ3v) is 5.91. The normalized spacial score (nSPS) is 14.8. The summed E-state index contributed by atoms with van der Waals surface area (Å²) in [6.45, 7) is 0.0483. The zero-order valence-corrected chi connectivity index (χ0v) is 20.5. The maximum absolute atomic E-state index is 13.3. The summed E-state index contributed by atoms with van der Waals surface area (Å²) in [5, 5.41) is 3.14. The van der Waals surface area contributed by atoms with Gasteiger partial charge in [-0.1, -0.05) is 29.3 Å². The Morgan fingerprint density at radius 2 is 1.74 bits per heavy atom. The van der Waals surface area contributed by atoms with E-state index in [0.717, 1.165) is 6.07 Å². The first-order valence-electron chi connectivity index (χ1n) is 10.2. The molecule has 0 unspecified atom stereocenters. The summed E-state index contributed by atoms with van der Waals surface area (Å²) in [7, 11) is 1.50. The highest BCUT2D eigenvalue weighted by Crippen LogP contribution is 2.29. The van der Waals surface area contributed by atoms with Gasteiger partial charge in [-0.15, -0.1) is 0 Å². The molecule has 0 aliphatic carbocycles. The van der Waals surface area contributed by atoms with Crippen LogP contribution in [-0.4, -0.2) is 24.0 Å². The van der Waals surface area contributed by atoms with Gasteiger partial charge < -0.3 is 9.47 Å². The fourth-order valence-electron chi connectivity index (χ4n) is 3.40. The van der Waals surface area contributed by atoms with Gasteiger partial charge in [0.1, 0.15) is 29.5 Å². The summed E-state index contributed by atoms with van der Waals surface area (Å²) in [4.78, 5) is 27.0. The Labute approximate surface area is 215 Å². The largest absolute Gasteiger partial charge is 0.496 e. The van der Waals surface area contributed by atoms with Crippen LogP contribution in [0.15, 0.2) is 66.2 Å². The number of methoxy groups -OCH3 is 1. The second kappa shape index (κ2) is 10.4. The lowest BCUT2D eigenvalue weighted by atomic mass is 10.0. The molecule has 35 heavy (non-hydrogen) atoms. The smallest absolute Gasteiger partial charge is 0.270 e. The zero-order chi connectivity index (χ0) is 25.1. The maximum Gasteiger partial charge on any atom is 0.270 e. The molecule has 0 atom stereocenters. The minimum atomic E-state index is -0.614. The third-order valence-electron chi connectivity index (χ3n) is 5.08. The second-order valence-electron chi connectivity index (χ2n) is 7.37. The molecule has 0 spiro atoms. The summed E-state index contributed by atoms with van der Waals surface area (Å²) in [6.07, 6.45) is 1.45. The van der Waals surface area contributed by atoms with Gasteiger partial charge in [0.2, 0.25) is 0 Å². The number of carbonyl (C=O) groups is 2.